The molecule has 15 rings (SSSR count). The monoisotopic (exact) mass is 880 g/mol. The zero-order valence-electron chi connectivity index (χ0n) is 36.5. The van der Waals surface area contributed by atoms with E-state index in [1.54, 1.807) is 0 Å². The first-order valence-electron chi connectivity index (χ1n) is 22.8. The maximum absolute atomic E-state index is 10.0. The van der Waals surface area contributed by atoms with E-state index in [1.807, 2.05) is 67.3 Å². The first-order chi connectivity index (χ1) is 34.1. The molecule has 1 spiro atoms. The van der Waals surface area contributed by atoms with Crippen LogP contribution in [0.2, 0.25) is 0 Å². The van der Waals surface area contributed by atoms with Gasteiger partial charge in [-0.2, -0.15) is 10.5 Å². The predicted molar refractivity (Wildman–Crippen MR) is 270 cm³/mol. The fourth-order valence-corrected chi connectivity index (χ4v) is 11.7. The summed E-state index contributed by atoms with van der Waals surface area (Å²) in [7, 11) is 0. The Morgan fingerprint density at radius 2 is 0.870 bits per heavy atom. The first kappa shape index (κ1) is 37.4. The molecule has 7 aromatic carbocycles. The molecule has 0 saturated heterocycles. The van der Waals surface area contributed by atoms with E-state index in [1.165, 1.54) is 10.8 Å². The Bertz CT molecular complexity index is 4340. The Labute approximate surface area is 393 Å². The summed E-state index contributed by atoms with van der Waals surface area (Å²) in [6.45, 7) is 0. The van der Waals surface area contributed by atoms with Crippen LogP contribution >= 0.6 is 0 Å². The third-order valence-electron chi connectivity index (χ3n) is 14.5. The molecule has 1 atom stereocenters. The van der Waals surface area contributed by atoms with Crippen LogP contribution in [0.5, 0.6) is 11.5 Å². The molecule has 7 heterocycles. The molecule has 0 fully saturated rings. The van der Waals surface area contributed by atoms with Gasteiger partial charge in [0.15, 0.2) is 0 Å². The molecule has 2 aliphatic rings. The summed E-state index contributed by atoms with van der Waals surface area (Å²) in [4.78, 5) is 15.5. The van der Waals surface area contributed by atoms with Crippen molar-refractivity contribution in [1.82, 2.24) is 28.7 Å². The molecule has 6 aromatic heterocycles. The van der Waals surface area contributed by atoms with E-state index in [0.717, 1.165) is 117 Å². The van der Waals surface area contributed by atoms with Crippen molar-refractivity contribution in [1.29, 1.82) is 10.5 Å². The molecule has 1 aliphatic heterocycles. The smallest absolute Gasteiger partial charge is 0.132 e. The second-order valence-electron chi connectivity index (χ2n) is 17.8. The third kappa shape index (κ3) is 4.87. The summed E-state index contributed by atoms with van der Waals surface area (Å²) >= 11 is 0. The largest absolute Gasteiger partial charge is 0.457 e. The highest BCUT2D eigenvalue weighted by atomic mass is 16.5. The molecule has 13 aromatic rings. The summed E-state index contributed by atoms with van der Waals surface area (Å²) in [5.74, 6) is 1.47. The van der Waals surface area contributed by atoms with Crippen LogP contribution in [-0.4, -0.2) is 28.7 Å². The van der Waals surface area contributed by atoms with E-state index in [0.29, 0.717) is 11.1 Å². The Morgan fingerprint density at radius 3 is 1.45 bits per heavy atom. The van der Waals surface area contributed by atoms with Gasteiger partial charge in [0, 0.05) is 66.5 Å². The molecule has 69 heavy (non-hydrogen) atoms. The normalized spacial score (nSPS) is 14.5. The van der Waals surface area contributed by atoms with Crippen molar-refractivity contribution >= 4 is 65.4 Å². The second kappa shape index (κ2) is 13.6. The molecular weight excluding hydrogens is 849 g/mol. The number of nitrogens with zero attached hydrogens (tertiary/aromatic N) is 8. The molecular formula is C60H32N8O. The number of ether oxygens (including phenoxy) is 1. The number of nitriles is 2. The average molecular weight is 881 g/mol. The van der Waals surface area contributed by atoms with Gasteiger partial charge in [0.1, 0.15) is 11.5 Å². The van der Waals surface area contributed by atoms with Crippen LogP contribution in [0.15, 0.2) is 195 Å². The van der Waals surface area contributed by atoms with Crippen LogP contribution in [0, 0.1) is 22.7 Å². The van der Waals surface area contributed by atoms with Crippen LogP contribution in [-0.2, 0) is 5.41 Å². The lowest BCUT2D eigenvalue weighted by Crippen LogP contribution is -2.32. The van der Waals surface area contributed by atoms with Crippen molar-refractivity contribution in [2.24, 2.45) is 0 Å². The Hall–Kier alpha value is -9.83. The van der Waals surface area contributed by atoms with Crippen molar-refractivity contribution < 1.29 is 4.74 Å². The summed E-state index contributed by atoms with van der Waals surface area (Å²) in [5, 5.41) is 26.4. The molecule has 1 unspecified atom stereocenters. The van der Waals surface area contributed by atoms with Crippen molar-refractivity contribution in [3.05, 3.63) is 228 Å². The highest BCUT2D eigenvalue weighted by molar-refractivity contribution is 6.12. The molecule has 0 amide bonds. The maximum Gasteiger partial charge on any atom is 0.132 e. The van der Waals surface area contributed by atoms with Gasteiger partial charge in [0.2, 0.25) is 0 Å². The van der Waals surface area contributed by atoms with Crippen molar-refractivity contribution in [2.75, 3.05) is 0 Å². The summed E-state index contributed by atoms with van der Waals surface area (Å²) in [6, 6.07) is 63.3. The van der Waals surface area contributed by atoms with Crippen LogP contribution in [0.4, 0.5) is 0 Å². The molecule has 0 N–H and O–H groups in total. The quantitative estimate of drug-likeness (QED) is 0.175. The molecule has 0 saturated carbocycles. The second-order valence-corrected chi connectivity index (χ2v) is 17.8. The number of hydrogen-bond donors (Lipinski definition) is 0. The number of fused-ring (bicyclic) bond motifs is 18. The summed E-state index contributed by atoms with van der Waals surface area (Å²) in [6.07, 6.45) is 7.70. The van der Waals surface area contributed by atoms with Crippen molar-refractivity contribution in [3.63, 3.8) is 0 Å². The zero-order chi connectivity index (χ0) is 45.5. The Morgan fingerprint density at radius 1 is 0.391 bits per heavy atom. The predicted octanol–water partition coefficient (Wildman–Crippen LogP) is 13.4. The van der Waals surface area contributed by atoms with Gasteiger partial charge in [-0.3, -0.25) is 15.0 Å². The standard InChI is InChI=1S/C60H32N8O/c61-30-35-17-20-53-44(25-35)45-26-36(31-62)18-21-54(45)68(53)39-29-49-59(65-33-39)58-48(28-38(32-64-58)67-51-14-6-1-9-40(51)41-10-2-7-15-52(41)67)60(49)46-12-4-8-16-56(46)69-57-22-19-37(27-47(57)60)66-50-13-5-3-11-42(50)43-23-24-63-34-55(43)66/h1-29,32-34H. The third-order valence-corrected chi connectivity index (χ3v) is 14.5. The van der Waals surface area contributed by atoms with E-state index in [2.05, 4.69) is 158 Å². The fraction of sp³-hybridized carbons (Fsp3) is 0.0167. The van der Waals surface area contributed by atoms with E-state index in [-0.39, 0.29) is 0 Å². The van der Waals surface area contributed by atoms with Gasteiger partial charge in [-0.25, -0.2) is 0 Å². The number of pyridine rings is 3. The van der Waals surface area contributed by atoms with E-state index in [9.17, 15) is 10.5 Å². The van der Waals surface area contributed by atoms with Crippen LogP contribution in [0.3, 0.4) is 0 Å². The minimum atomic E-state index is -0.993. The van der Waals surface area contributed by atoms with Gasteiger partial charge < -0.3 is 18.4 Å². The Balaban J connectivity index is 1.07. The fourth-order valence-electron chi connectivity index (χ4n) is 11.7. The van der Waals surface area contributed by atoms with Crippen LogP contribution < -0.4 is 4.74 Å². The summed E-state index contributed by atoms with van der Waals surface area (Å²) < 4.78 is 13.8. The van der Waals surface area contributed by atoms with Gasteiger partial charge in [0.05, 0.1) is 103 Å². The van der Waals surface area contributed by atoms with Gasteiger partial charge in [-0.15, -0.1) is 0 Å². The number of benzene rings is 7. The highest BCUT2D eigenvalue weighted by Crippen LogP contribution is 2.62. The van der Waals surface area contributed by atoms with E-state index in [4.69, 9.17) is 14.7 Å². The lowest BCUT2D eigenvalue weighted by Gasteiger charge is -2.39. The van der Waals surface area contributed by atoms with Gasteiger partial charge in [-0.05, 0) is 97.1 Å². The van der Waals surface area contributed by atoms with Crippen molar-refractivity contribution in [2.45, 2.75) is 5.41 Å². The molecule has 9 nitrogen and oxygen atoms in total. The van der Waals surface area contributed by atoms with E-state index < -0.39 is 5.41 Å². The lowest BCUT2D eigenvalue weighted by molar-refractivity contribution is 0.436. The number of para-hydroxylation sites is 4. The van der Waals surface area contributed by atoms with Gasteiger partial charge >= 0.3 is 0 Å². The minimum Gasteiger partial charge on any atom is -0.457 e. The van der Waals surface area contributed by atoms with Crippen LogP contribution in [0.1, 0.15) is 33.4 Å². The average Bonchev–Trinajstić information content (AvgIpc) is 4.12. The SMILES string of the molecule is N#Cc1ccc2c(c1)c1cc(C#N)ccc1n2-c1cnc2c(c1)C1(c3ccccc3Oc3ccc(-n4c5ccccc5c5ccncc54)cc31)c1cc(-n3c4ccccc4c4ccccc43)cnc1-2. The maximum atomic E-state index is 10.0. The summed E-state index contributed by atoms with van der Waals surface area (Å²) in [5.41, 5.74) is 14.3. The molecule has 318 valence electrons. The molecule has 9 heteroatoms. The van der Waals surface area contributed by atoms with Crippen molar-refractivity contribution in [3.8, 4) is 52.1 Å². The molecule has 1 aliphatic carbocycles. The van der Waals surface area contributed by atoms with E-state index >= 15 is 0 Å². The number of aromatic nitrogens is 6. The molecule has 0 radical (unpaired) electrons. The highest BCUT2D eigenvalue weighted by Gasteiger charge is 2.53. The Kier molecular flexibility index (Phi) is 7.38. The number of rotatable bonds is 3. The topological polar surface area (TPSA) is 110 Å². The number of hydrogen-bond acceptors (Lipinski definition) is 6. The lowest BCUT2D eigenvalue weighted by atomic mass is 9.66. The van der Waals surface area contributed by atoms with Gasteiger partial charge in [-0.1, -0.05) is 72.8 Å². The minimum absolute atomic E-state index is 0.542. The van der Waals surface area contributed by atoms with Gasteiger partial charge in [0.25, 0.3) is 0 Å². The van der Waals surface area contributed by atoms with Crippen LogP contribution in [0.25, 0.3) is 93.9 Å². The first-order valence-corrected chi connectivity index (χ1v) is 22.8. The molecule has 0 bridgehead atoms. The zero-order valence-corrected chi connectivity index (χ0v) is 36.5.